The fourth-order valence-electron chi connectivity index (χ4n) is 0.659. The van der Waals surface area contributed by atoms with E-state index in [9.17, 15) is 4.79 Å². The zero-order chi connectivity index (χ0) is 8.65. The maximum atomic E-state index is 9.70. The Hall–Kier alpha value is -1.35. The van der Waals surface area contributed by atoms with Crippen molar-refractivity contribution in [1.29, 1.82) is 0 Å². The highest BCUT2D eigenvalue weighted by molar-refractivity contribution is 7.10. The smallest absolute Gasteiger partial charge is 0.297 e. The van der Waals surface area contributed by atoms with E-state index in [0.717, 1.165) is 0 Å². The average Bonchev–Trinajstić information content (AvgIpc) is 2.57. The van der Waals surface area contributed by atoms with Crippen LogP contribution in [0, 0.1) is 0 Å². The Kier molecular flexibility index (Phi) is 3.88. The van der Waals surface area contributed by atoms with E-state index in [1.807, 2.05) is 29.7 Å². The van der Waals surface area contributed by atoms with E-state index in [1.54, 1.807) is 17.4 Å². The molecule has 1 rings (SSSR count). The summed E-state index contributed by atoms with van der Waals surface area (Å²) in [4.78, 5) is 10.9. The lowest BCUT2D eigenvalue weighted by Gasteiger charge is -1.80. The number of hydrogen-bond acceptors (Lipinski definition) is 3. The largest absolute Gasteiger partial charge is 0.437 e. The predicted octanol–water partition coefficient (Wildman–Crippen LogP) is 2.45. The number of carbonyl (C=O) groups excluding carboxylic acids is 1. The van der Waals surface area contributed by atoms with Crippen molar-refractivity contribution in [3.05, 3.63) is 40.8 Å². The van der Waals surface area contributed by atoms with E-state index >= 15 is 0 Å². The quantitative estimate of drug-likeness (QED) is 0.404. The van der Waals surface area contributed by atoms with Gasteiger partial charge in [0.25, 0.3) is 6.47 Å². The van der Waals surface area contributed by atoms with Crippen LogP contribution in [0.15, 0.2) is 35.9 Å². The Morgan fingerprint density at radius 2 is 2.33 bits per heavy atom. The number of thiophene rings is 1. The number of rotatable bonds is 4. The molecule has 0 atom stereocenters. The molecule has 0 saturated heterocycles. The summed E-state index contributed by atoms with van der Waals surface area (Å²) in [5.74, 6) is 0. The van der Waals surface area contributed by atoms with Gasteiger partial charge < -0.3 is 4.74 Å². The molecule has 0 spiro atoms. The van der Waals surface area contributed by atoms with Gasteiger partial charge in [0.15, 0.2) is 0 Å². The number of allylic oxidation sites excluding steroid dienone is 2. The highest BCUT2D eigenvalue weighted by Crippen LogP contribution is 2.09. The molecule has 0 amide bonds. The van der Waals surface area contributed by atoms with E-state index in [0.29, 0.717) is 6.47 Å². The second kappa shape index (κ2) is 5.32. The summed E-state index contributed by atoms with van der Waals surface area (Å²) in [6.07, 6.45) is 6.75. The van der Waals surface area contributed by atoms with E-state index in [2.05, 4.69) is 4.74 Å². The van der Waals surface area contributed by atoms with Gasteiger partial charge in [-0.15, -0.1) is 11.3 Å². The van der Waals surface area contributed by atoms with Crippen molar-refractivity contribution in [3.63, 3.8) is 0 Å². The van der Waals surface area contributed by atoms with Crippen molar-refractivity contribution in [3.8, 4) is 0 Å². The van der Waals surface area contributed by atoms with Crippen LogP contribution in [0.25, 0.3) is 6.08 Å². The molecule has 0 aromatic carbocycles. The summed E-state index contributed by atoms with van der Waals surface area (Å²) in [6.45, 7) is 0.384. The molecule has 62 valence electrons. The first kappa shape index (κ1) is 8.74. The van der Waals surface area contributed by atoms with Gasteiger partial charge in [-0.05, 0) is 23.6 Å². The van der Waals surface area contributed by atoms with Gasteiger partial charge in [-0.1, -0.05) is 12.1 Å². The first-order valence-electron chi connectivity index (χ1n) is 3.39. The van der Waals surface area contributed by atoms with Gasteiger partial charge >= 0.3 is 0 Å². The maximum Gasteiger partial charge on any atom is 0.297 e. The minimum absolute atomic E-state index is 0.384. The van der Waals surface area contributed by atoms with E-state index in [-0.39, 0.29) is 0 Å². The number of ether oxygens (including phenoxy) is 1. The van der Waals surface area contributed by atoms with Gasteiger partial charge in [0.05, 0.1) is 6.26 Å². The van der Waals surface area contributed by atoms with E-state index < -0.39 is 0 Å². The molecule has 0 bridgehead atoms. The third-order valence-electron chi connectivity index (χ3n) is 1.13. The lowest BCUT2D eigenvalue weighted by atomic mass is 10.4. The number of carbonyl (C=O) groups is 1. The topological polar surface area (TPSA) is 26.3 Å². The Balaban J connectivity index is 2.36. The zero-order valence-electron chi connectivity index (χ0n) is 6.34. The predicted molar refractivity (Wildman–Crippen MR) is 49.6 cm³/mol. The van der Waals surface area contributed by atoms with Crippen LogP contribution in [-0.4, -0.2) is 6.47 Å². The molecule has 1 aromatic heterocycles. The molecule has 3 heteroatoms. The van der Waals surface area contributed by atoms with Crippen molar-refractivity contribution >= 4 is 23.9 Å². The Labute approximate surface area is 74.8 Å². The number of hydrogen-bond donors (Lipinski definition) is 0. The molecular formula is C9H8O2S. The molecule has 0 aliphatic carbocycles. The van der Waals surface area contributed by atoms with Gasteiger partial charge in [0, 0.05) is 4.88 Å². The Morgan fingerprint density at radius 1 is 1.42 bits per heavy atom. The summed E-state index contributed by atoms with van der Waals surface area (Å²) in [7, 11) is 0. The molecule has 0 unspecified atom stereocenters. The van der Waals surface area contributed by atoms with Crippen LogP contribution >= 0.6 is 11.3 Å². The first-order chi connectivity index (χ1) is 5.93. The van der Waals surface area contributed by atoms with Crippen LogP contribution in [0.2, 0.25) is 0 Å². The standard InChI is InChI=1S/C9H8O2S/c10-8-11-6-2-1-4-9-5-3-7-12-9/h1-8H/b4-1+,6-2-. The minimum atomic E-state index is 0.384. The molecule has 1 aromatic rings. The van der Waals surface area contributed by atoms with Crippen LogP contribution in [0.1, 0.15) is 4.88 Å². The molecular weight excluding hydrogens is 172 g/mol. The molecule has 0 aliphatic rings. The maximum absolute atomic E-state index is 9.70. The fraction of sp³-hybridized carbons (Fsp3) is 0. The average molecular weight is 180 g/mol. The highest BCUT2D eigenvalue weighted by Gasteiger charge is 1.81. The van der Waals surface area contributed by atoms with Gasteiger partial charge in [0.2, 0.25) is 0 Å². The summed E-state index contributed by atoms with van der Waals surface area (Å²) >= 11 is 1.66. The molecule has 0 aliphatic heterocycles. The summed E-state index contributed by atoms with van der Waals surface area (Å²) < 4.78 is 4.34. The normalized spacial score (nSPS) is 11.0. The lowest BCUT2D eigenvalue weighted by Crippen LogP contribution is -1.69. The van der Waals surface area contributed by atoms with Gasteiger partial charge in [-0.25, -0.2) is 0 Å². The third kappa shape index (κ3) is 3.16. The SMILES string of the molecule is O=CO/C=C\C=C\c1cccs1. The molecule has 12 heavy (non-hydrogen) atoms. The summed E-state index contributed by atoms with van der Waals surface area (Å²) in [5, 5.41) is 2.01. The van der Waals surface area contributed by atoms with Crippen molar-refractivity contribution < 1.29 is 9.53 Å². The molecule has 2 nitrogen and oxygen atoms in total. The lowest BCUT2D eigenvalue weighted by molar-refractivity contribution is -0.123. The molecule has 0 radical (unpaired) electrons. The van der Waals surface area contributed by atoms with Crippen LogP contribution in [-0.2, 0) is 9.53 Å². The highest BCUT2D eigenvalue weighted by atomic mass is 32.1. The minimum Gasteiger partial charge on any atom is -0.437 e. The van der Waals surface area contributed by atoms with Crippen molar-refractivity contribution in [2.24, 2.45) is 0 Å². The zero-order valence-corrected chi connectivity index (χ0v) is 7.16. The first-order valence-corrected chi connectivity index (χ1v) is 4.27. The van der Waals surface area contributed by atoms with Crippen LogP contribution < -0.4 is 0 Å². The third-order valence-corrected chi connectivity index (χ3v) is 1.97. The van der Waals surface area contributed by atoms with Gasteiger partial charge in [-0.2, -0.15) is 0 Å². The molecule has 0 N–H and O–H groups in total. The van der Waals surface area contributed by atoms with Gasteiger partial charge in [-0.3, -0.25) is 4.79 Å². The van der Waals surface area contributed by atoms with Crippen LogP contribution in [0.5, 0.6) is 0 Å². The molecule has 0 saturated carbocycles. The van der Waals surface area contributed by atoms with Crippen molar-refractivity contribution in [2.75, 3.05) is 0 Å². The van der Waals surface area contributed by atoms with Crippen molar-refractivity contribution in [2.45, 2.75) is 0 Å². The second-order valence-corrected chi connectivity index (χ2v) is 2.91. The second-order valence-electron chi connectivity index (χ2n) is 1.94. The van der Waals surface area contributed by atoms with E-state index in [4.69, 9.17) is 0 Å². The van der Waals surface area contributed by atoms with Crippen LogP contribution in [0.3, 0.4) is 0 Å². The summed E-state index contributed by atoms with van der Waals surface area (Å²) in [5.41, 5.74) is 0. The Bertz CT molecular complexity index is 273. The molecule has 0 fully saturated rings. The van der Waals surface area contributed by atoms with Crippen molar-refractivity contribution in [1.82, 2.24) is 0 Å². The Morgan fingerprint density at radius 3 is 3.00 bits per heavy atom. The van der Waals surface area contributed by atoms with Crippen LogP contribution in [0.4, 0.5) is 0 Å². The fourth-order valence-corrected chi connectivity index (χ4v) is 1.29. The molecule has 1 heterocycles. The summed E-state index contributed by atoms with van der Waals surface area (Å²) in [6, 6.07) is 3.99. The van der Waals surface area contributed by atoms with Gasteiger partial charge in [0.1, 0.15) is 0 Å². The van der Waals surface area contributed by atoms with E-state index in [1.165, 1.54) is 11.1 Å². The monoisotopic (exact) mass is 180 g/mol.